The van der Waals surface area contributed by atoms with Crippen molar-refractivity contribution in [2.75, 3.05) is 13.7 Å². The maximum absolute atomic E-state index is 5.40. The van der Waals surface area contributed by atoms with Crippen LogP contribution in [0.25, 0.3) is 0 Å². The maximum Gasteiger partial charge on any atom is 0.123 e. The predicted molar refractivity (Wildman–Crippen MR) is 68.9 cm³/mol. The van der Waals surface area contributed by atoms with Gasteiger partial charge in [0.05, 0.1) is 7.11 Å². The van der Waals surface area contributed by atoms with E-state index >= 15 is 0 Å². The third-order valence-electron chi connectivity index (χ3n) is 2.73. The van der Waals surface area contributed by atoms with E-state index in [-0.39, 0.29) is 5.54 Å². The van der Waals surface area contributed by atoms with E-state index in [0.717, 1.165) is 12.3 Å². The zero-order valence-corrected chi connectivity index (χ0v) is 11.0. The Balaban J connectivity index is 2.88. The van der Waals surface area contributed by atoms with Crippen molar-refractivity contribution in [3.63, 3.8) is 0 Å². The smallest absolute Gasteiger partial charge is 0.123 e. The molecule has 16 heavy (non-hydrogen) atoms. The van der Waals surface area contributed by atoms with Gasteiger partial charge in [-0.3, -0.25) is 0 Å². The number of benzene rings is 1. The van der Waals surface area contributed by atoms with Crippen molar-refractivity contribution >= 4 is 0 Å². The second kappa shape index (κ2) is 5.35. The molecule has 0 atom stereocenters. The summed E-state index contributed by atoms with van der Waals surface area (Å²) in [5.74, 6) is 1.60. The lowest BCUT2D eigenvalue weighted by Gasteiger charge is -2.29. The first kappa shape index (κ1) is 13.0. The average molecular weight is 221 g/mol. The largest absolute Gasteiger partial charge is 0.496 e. The number of para-hydroxylation sites is 1. The van der Waals surface area contributed by atoms with Crippen LogP contribution in [-0.2, 0) is 5.54 Å². The first-order valence-corrected chi connectivity index (χ1v) is 5.86. The van der Waals surface area contributed by atoms with E-state index in [1.165, 1.54) is 5.56 Å². The molecule has 0 radical (unpaired) electrons. The Bertz CT molecular complexity index is 331. The Hall–Kier alpha value is -1.02. The van der Waals surface area contributed by atoms with Gasteiger partial charge in [0.15, 0.2) is 0 Å². The highest BCUT2D eigenvalue weighted by Crippen LogP contribution is 2.29. The minimum atomic E-state index is -0.0587. The summed E-state index contributed by atoms with van der Waals surface area (Å²) in [6.45, 7) is 9.81. The predicted octanol–water partition coefficient (Wildman–Crippen LogP) is 3.18. The van der Waals surface area contributed by atoms with Crippen LogP contribution in [0.5, 0.6) is 5.75 Å². The van der Waals surface area contributed by atoms with Crippen molar-refractivity contribution < 1.29 is 4.74 Å². The topological polar surface area (TPSA) is 21.3 Å². The second-order valence-electron chi connectivity index (χ2n) is 5.10. The third-order valence-corrected chi connectivity index (χ3v) is 2.73. The van der Waals surface area contributed by atoms with Gasteiger partial charge in [-0.05, 0) is 32.4 Å². The molecule has 2 heteroatoms. The fraction of sp³-hybridized carbons (Fsp3) is 0.571. The number of ether oxygens (including phenoxy) is 1. The van der Waals surface area contributed by atoms with Crippen molar-refractivity contribution in [1.82, 2.24) is 5.32 Å². The average Bonchev–Trinajstić information content (AvgIpc) is 2.26. The Morgan fingerprint density at radius 3 is 2.44 bits per heavy atom. The van der Waals surface area contributed by atoms with Gasteiger partial charge in [-0.1, -0.05) is 32.0 Å². The molecule has 0 unspecified atom stereocenters. The zero-order chi connectivity index (χ0) is 12.2. The highest BCUT2D eigenvalue weighted by molar-refractivity contribution is 5.38. The van der Waals surface area contributed by atoms with Gasteiger partial charge in [0, 0.05) is 11.1 Å². The van der Waals surface area contributed by atoms with Crippen LogP contribution in [0.1, 0.15) is 33.3 Å². The molecule has 1 aromatic carbocycles. The lowest BCUT2D eigenvalue weighted by atomic mass is 9.93. The molecule has 0 fully saturated rings. The monoisotopic (exact) mass is 221 g/mol. The Labute approximate surface area is 99.0 Å². The molecule has 0 bridgehead atoms. The number of methoxy groups -OCH3 is 1. The highest BCUT2D eigenvalue weighted by Gasteiger charge is 2.23. The molecule has 0 saturated carbocycles. The van der Waals surface area contributed by atoms with E-state index < -0.39 is 0 Å². The molecule has 0 heterocycles. The summed E-state index contributed by atoms with van der Waals surface area (Å²) in [6, 6.07) is 8.18. The summed E-state index contributed by atoms with van der Waals surface area (Å²) in [4.78, 5) is 0. The highest BCUT2D eigenvalue weighted by atomic mass is 16.5. The Morgan fingerprint density at radius 2 is 1.88 bits per heavy atom. The van der Waals surface area contributed by atoms with Crippen molar-refractivity contribution in [2.24, 2.45) is 5.92 Å². The van der Waals surface area contributed by atoms with Gasteiger partial charge < -0.3 is 10.1 Å². The number of hydrogen-bond donors (Lipinski definition) is 1. The fourth-order valence-corrected chi connectivity index (χ4v) is 1.72. The van der Waals surface area contributed by atoms with Gasteiger partial charge in [-0.2, -0.15) is 0 Å². The number of rotatable bonds is 5. The molecule has 0 aliphatic rings. The minimum Gasteiger partial charge on any atom is -0.496 e. The molecule has 1 N–H and O–H groups in total. The van der Waals surface area contributed by atoms with Crippen molar-refractivity contribution in [3.05, 3.63) is 29.8 Å². The quantitative estimate of drug-likeness (QED) is 0.824. The molecule has 0 saturated heterocycles. The Kier molecular flexibility index (Phi) is 4.36. The van der Waals surface area contributed by atoms with E-state index in [4.69, 9.17) is 4.74 Å². The molecule has 1 aromatic rings. The molecular formula is C14H23NO. The van der Waals surface area contributed by atoms with Crippen LogP contribution in [0.3, 0.4) is 0 Å². The van der Waals surface area contributed by atoms with Gasteiger partial charge in [-0.25, -0.2) is 0 Å². The van der Waals surface area contributed by atoms with Gasteiger partial charge in [-0.15, -0.1) is 0 Å². The van der Waals surface area contributed by atoms with Gasteiger partial charge in [0.1, 0.15) is 5.75 Å². The molecule has 0 aliphatic heterocycles. The van der Waals surface area contributed by atoms with Crippen molar-refractivity contribution in [1.29, 1.82) is 0 Å². The minimum absolute atomic E-state index is 0.0587. The lowest BCUT2D eigenvalue weighted by Crippen LogP contribution is -2.39. The van der Waals surface area contributed by atoms with E-state index in [9.17, 15) is 0 Å². The number of hydrogen-bond acceptors (Lipinski definition) is 2. The van der Waals surface area contributed by atoms with E-state index in [2.05, 4.69) is 45.1 Å². The molecule has 90 valence electrons. The van der Waals surface area contributed by atoms with Gasteiger partial charge in [0.25, 0.3) is 0 Å². The van der Waals surface area contributed by atoms with Crippen LogP contribution < -0.4 is 10.1 Å². The third kappa shape index (κ3) is 3.24. The number of nitrogens with one attached hydrogen (secondary N) is 1. The van der Waals surface area contributed by atoms with Crippen LogP contribution in [-0.4, -0.2) is 13.7 Å². The summed E-state index contributed by atoms with van der Waals surface area (Å²) in [5.41, 5.74) is 1.15. The normalized spacial score (nSPS) is 11.9. The van der Waals surface area contributed by atoms with Crippen molar-refractivity contribution in [3.8, 4) is 5.75 Å². The fourth-order valence-electron chi connectivity index (χ4n) is 1.72. The van der Waals surface area contributed by atoms with Crippen LogP contribution in [0.4, 0.5) is 0 Å². The first-order chi connectivity index (χ1) is 7.47. The van der Waals surface area contributed by atoms with Crippen molar-refractivity contribution in [2.45, 2.75) is 33.2 Å². The van der Waals surface area contributed by atoms with Crippen LogP contribution in [0, 0.1) is 5.92 Å². The van der Waals surface area contributed by atoms with Crippen LogP contribution in [0.2, 0.25) is 0 Å². The molecule has 0 amide bonds. The van der Waals surface area contributed by atoms with Crippen LogP contribution in [0.15, 0.2) is 24.3 Å². The van der Waals surface area contributed by atoms with Gasteiger partial charge in [0.2, 0.25) is 0 Å². The van der Waals surface area contributed by atoms with E-state index in [1.807, 2.05) is 12.1 Å². The van der Waals surface area contributed by atoms with Crippen LogP contribution >= 0.6 is 0 Å². The van der Waals surface area contributed by atoms with E-state index in [1.54, 1.807) is 7.11 Å². The first-order valence-electron chi connectivity index (χ1n) is 5.86. The summed E-state index contributed by atoms with van der Waals surface area (Å²) < 4.78 is 5.40. The summed E-state index contributed by atoms with van der Waals surface area (Å²) >= 11 is 0. The standard InChI is InChI=1S/C14H23NO/c1-11(2)10-15-14(3,4)12-8-6-7-9-13(12)16-5/h6-9,11,15H,10H2,1-5H3. The SMILES string of the molecule is COc1ccccc1C(C)(C)NCC(C)C. The summed E-state index contributed by atoms with van der Waals surface area (Å²) in [7, 11) is 1.72. The van der Waals surface area contributed by atoms with E-state index in [0.29, 0.717) is 5.92 Å². The maximum atomic E-state index is 5.40. The Morgan fingerprint density at radius 1 is 1.25 bits per heavy atom. The summed E-state index contributed by atoms with van der Waals surface area (Å²) in [5, 5.41) is 3.57. The lowest BCUT2D eigenvalue weighted by molar-refractivity contribution is 0.345. The summed E-state index contributed by atoms with van der Waals surface area (Å²) in [6.07, 6.45) is 0. The molecule has 0 aliphatic carbocycles. The molecular weight excluding hydrogens is 198 g/mol. The molecule has 2 nitrogen and oxygen atoms in total. The van der Waals surface area contributed by atoms with Gasteiger partial charge >= 0.3 is 0 Å². The molecule has 1 rings (SSSR count). The zero-order valence-electron chi connectivity index (χ0n) is 11.0. The molecule has 0 spiro atoms. The molecule has 0 aromatic heterocycles. The second-order valence-corrected chi connectivity index (χ2v) is 5.10.